The van der Waals surface area contributed by atoms with Gasteiger partial charge < -0.3 is 16.2 Å². The van der Waals surface area contributed by atoms with Crippen LogP contribution >= 0.6 is 0 Å². The first-order valence-electron chi connectivity index (χ1n) is 4.91. The smallest absolute Gasteiger partial charge is 0.337 e. The van der Waals surface area contributed by atoms with Crippen molar-refractivity contribution >= 4 is 23.4 Å². The summed E-state index contributed by atoms with van der Waals surface area (Å²) in [6.07, 6.45) is 0. The lowest BCUT2D eigenvalue weighted by Gasteiger charge is -2.06. The Kier molecular flexibility index (Phi) is 3.10. The van der Waals surface area contributed by atoms with Crippen LogP contribution in [0.2, 0.25) is 0 Å². The Morgan fingerprint density at radius 2 is 2.11 bits per heavy atom. The minimum Gasteiger partial charge on any atom is -0.478 e. The molecule has 0 aliphatic heterocycles. The first-order valence-corrected chi connectivity index (χ1v) is 4.91. The van der Waals surface area contributed by atoms with Crippen LogP contribution in [0.15, 0.2) is 22.8 Å². The number of nitrogen functional groups attached to an aromatic ring is 1. The first kappa shape index (κ1) is 12.5. The number of carboxylic acids is 1. The number of carbonyl (C=O) groups is 2. The second-order valence-corrected chi connectivity index (χ2v) is 3.45. The van der Waals surface area contributed by atoms with Gasteiger partial charge >= 0.3 is 5.97 Å². The molecule has 1 heterocycles. The van der Waals surface area contributed by atoms with Crippen molar-refractivity contribution in [3.05, 3.63) is 35.3 Å². The lowest BCUT2D eigenvalue weighted by Crippen LogP contribution is -2.16. The Hall–Kier alpha value is -2.97. The van der Waals surface area contributed by atoms with E-state index in [0.29, 0.717) is 0 Å². The number of rotatable bonds is 3. The molecule has 98 valence electrons. The fourth-order valence-corrected chi connectivity index (χ4v) is 1.34. The molecule has 0 aliphatic carbocycles. The van der Waals surface area contributed by atoms with Crippen molar-refractivity contribution in [1.82, 2.24) is 10.3 Å². The summed E-state index contributed by atoms with van der Waals surface area (Å²) in [5.41, 5.74) is 4.53. The number of aromatic carboxylic acids is 1. The van der Waals surface area contributed by atoms with Crippen LogP contribution in [0, 0.1) is 5.82 Å². The molecule has 2 rings (SSSR count). The fraction of sp³-hybridized carbons (Fsp3) is 0. The predicted octanol–water partition coefficient (Wildman–Crippen LogP) is 0.741. The van der Waals surface area contributed by atoms with E-state index in [-0.39, 0.29) is 17.2 Å². The number of nitrogens with one attached hydrogen (secondary N) is 1. The van der Waals surface area contributed by atoms with Crippen LogP contribution in [0.25, 0.3) is 0 Å². The van der Waals surface area contributed by atoms with E-state index in [4.69, 9.17) is 10.8 Å². The number of hydrogen-bond donors (Lipinski definition) is 3. The topological polar surface area (TPSA) is 131 Å². The Balaban J connectivity index is 2.32. The first-order chi connectivity index (χ1) is 8.99. The van der Waals surface area contributed by atoms with Gasteiger partial charge in [-0.1, -0.05) is 0 Å². The second kappa shape index (κ2) is 4.72. The molecular weight excluding hydrogens is 259 g/mol. The van der Waals surface area contributed by atoms with Gasteiger partial charge in [0.2, 0.25) is 11.5 Å². The molecule has 9 heteroatoms. The van der Waals surface area contributed by atoms with Gasteiger partial charge in [0.25, 0.3) is 5.91 Å². The maximum absolute atomic E-state index is 12.9. The quantitative estimate of drug-likeness (QED) is 0.746. The van der Waals surface area contributed by atoms with E-state index in [1.807, 2.05) is 0 Å². The number of nitrogens with two attached hydrogens (primary N) is 1. The average Bonchev–Trinajstić information content (AvgIpc) is 2.77. The van der Waals surface area contributed by atoms with Gasteiger partial charge in [-0.25, -0.2) is 13.8 Å². The molecule has 0 saturated carbocycles. The lowest BCUT2D eigenvalue weighted by molar-refractivity contribution is 0.0697. The predicted molar refractivity (Wildman–Crippen MR) is 60.0 cm³/mol. The molecule has 1 aromatic carbocycles. The number of amides is 1. The second-order valence-electron chi connectivity index (χ2n) is 3.45. The van der Waals surface area contributed by atoms with Crippen LogP contribution < -0.4 is 11.1 Å². The molecule has 19 heavy (non-hydrogen) atoms. The van der Waals surface area contributed by atoms with Crippen LogP contribution in [-0.4, -0.2) is 27.3 Å². The lowest BCUT2D eigenvalue weighted by atomic mass is 10.1. The van der Waals surface area contributed by atoms with Gasteiger partial charge in [-0.3, -0.25) is 4.79 Å². The zero-order chi connectivity index (χ0) is 14.0. The monoisotopic (exact) mass is 266 g/mol. The van der Waals surface area contributed by atoms with Gasteiger partial charge in [-0.2, -0.15) is 0 Å². The molecule has 0 atom stereocenters. The molecule has 0 aliphatic rings. The fourth-order valence-electron chi connectivity index (χ4n) is 1.34. The van der Waals surface area contributed by atoms with E-state index in [1.165, 1.54) is 0 Å². The van der Waals surface area contributed by atoms with E-state index in [0.717, 1.165) is 18.2 Å². The van der Waals surface area contributed by atoms with Gasteiger partial charge in [0.15, 0.2) is 0 Å². The minimum atomic E-state index is -1.39. The summed E-state index contributed by atoms with van der Waals surface area (Å²) in [7, 11) is 0. The van der Waals surface area contributed by atoms with Crippen molar-refractivity contribution in [2.75, 3.05) is 11.1 Å². The van der Waals surface area contributed by atoms with Crippen LogP contribution in [0.3, 0.4) is 0 Å². The molecule has 0 spiro atoms. The maximum atomic E-state index is 12.9. The highest BCUT2D eigenvalue weighted by atomic mass is 19.1. The number of hydrogen-bond acceptors (Lipinski definition) is 6. The number of aromatic nitrogens is 2. The van der Waals surface area contributed by atoms with E-state index in [2.05, 4.69) is 20.3 Å². The molecule has 1 aromatic heterocycles. The van der Waals surface area contributed by atoms with Gasteiger partial charge in [-0.15, -0.1) is 0 Å². The van der Waals surface area contributed by atoms with Crippen LogP contribution in [0.1, 0.15) is 20.8 Å². The molecule has 0 radical (unpaired) electrons. The number of carbonyl (C=O) groups excluding carboxylic acids is 1. The van der Waals surface area contributed by atoms with Crippen molar-refractivity contribution in [2.24, 2.45) is 0 Å². The summed E-state index contributed by atoms with van der Waals surface area (Å²) in [5.74, 6) is -3.18. The summed E-state index contributed by atoms with van der Waals surface area (Å²) in [6, 6.07) is 2.90. The number of benzene rings is 1. The third-order valence-corrected chi connectivity index (χ3v) is 2.19. The molecule has 0 bridgehead atoms. The van der Waals surface area contributed by atoms with Crippen LogP contribution in [-0.2, 0) is 0 Å². The molecule has 8 nitrogen and oxygen atoms in total. The van der Waals surface area contributed by atoms with Gasteiger partial charge in [0, 0.05) is 0 Å². The van der Waals surface area contributed by atoms with Gasteiger partial charge in [-0.05, 0) is 28.5 Å². The molecule has 0 saturated heterocycles. The van der Waals surface area contributed by atoms with E-state index in [9.17, 15) is 14.0 Å². The molecule has 4 N–H and O–H groups in total. The Morgan fingerprint density at radius 3 is 2.68 bits per heavy atom. The van der Waals surface area contributed by atoms with E-state index < -0.39 is 23.3 Å². The summed E-state index contributed by atoms with van der Waals surface area (Å²) in [5, 5.41) is 17.6. The van der Waals surface area contributed by atoms with E-state index >= 15 is 0 Å². The third-order valence-electron chi connectivity index (χ3n) is 2.19. The zero-order valence-corrected chi connectivity index (χ0v) is 9.25. The highest BCUT2D eigenvalue weighted by molar-refractivity contribution is 6.08. The summed E-state index contributed by atoms with van der Waals surface area (Å²) >= 11 is 0. The summed E-state index contributed by atoms with van der Waals surface area (Å²) < 4.78 is 17.2. The molecule has 2 aromatic rings. The van der Waals surface area contributed by atoms with Gasteiger partial charge in [0.05, 0.1) is 11.3 Å². The van der Waals surface area contributed by atoms with Gasteiger partial charge in [0.1, 0.15) is 5.82 Å². The van der Waals surface area contributed by atoms with E-state index in [1.54, 1.807) is 0 Å². The summed E-state index contributed by atoms with van der Waals surface area (Å²) in [6.45, 7) is 0. The summed E-state index contributed by atoms with van der Waals surface area (Å²) in [4.78, 5) is 22.6. The molecule has 0 unspecified atom stereocenters. The highest BCUT2D eigenvalue weighted by Gasteiger charge is 2.19. The van der Waals surface area contributed by atoms with Crippen molar-refractivity contribution in [1.29, 1.82) is 0 Å². The number of nitrogens with zero attached hydrogens (tertiary/aromatic N) is 2. The zero-order valence-electron chi connectivity index (χ0n) is 9.25. The minimum absolute atomic E-state index is 0.0960. The van der Waals surface area contributed by atoms with Crippen molar-refractivity contribution in [2.45, 2.75) is 0 Å². The number of halogens is 1. The molecular formula is C10H7FN4O4. The maximum Gasteiger partial charge on any atom is 0.337 e. The van der Waals surface area contributed by atoms with Crippen molar-refractivity contribution in [3.8, 4) is 0 Å². The Labute approximate surface area is 105 Å². The van der Waals surface area contributed by atoms with Crippen LogP contribution in [0.5, 0.6) is 0 Å². The van der Waals surface area contributed by atoms with Crippen LogP contribution in [0.4, 0.5) is 15.9 Å². The normalized spacial score (nSPS) is 10.2. The Bertz CT molecular complexity index is 655. The highest BCUT2D eigenvalue weighted by Crippen LogP contribution is 2.18. The molecule has 1 amide bonds. The molecule has 0 fully saturated rings. The SMILES string of the molecule is Nc1nonc1C(=O)Nc1ccc(F)cc1C(=O)O. The average molecular weight is 266 g/mol. The largest absolute Gasteiger partial charge is 0.478 e. The number of anilines is 2. The van der Waals surface area contributed by atoms with Crippen molar-refractivity contribution < 1.29 is 23.7 Å². The standard InChI is InChI=1S/C10H7FN4O4/c11-4-1-2-6(5(3-4)10(17)18)13-9(16)7-8(12)15-19-14-7/h1-3H,(H2,12,15)(H,13,16)(H,17,18). The van der Waals surface area contributed by atoms with Crippen molar-refractivity contribution in [3.63, 3.8) is 0 Å². The number of carboxylic acid groups (broad SMARTS) is 1. The third kappa shape index (κ3) is 2.49. The Morgan fingerprint density at radius 1 is 1.37 bits per heavy atom.